The van der Waals surface area contributed by atoms with Gasteiger partial charge in [0.15, 0.2) is 4.77 Å². The maximum Gasteiger partial charge on any atom is 0.178 e. The van der Waals surface area contributed by atoms with Crippen LogP contribution in [0.15, 0.2) is 18.2 Å². The van der Waals surface area contributed by atoms with E-state index in [1.165, 1.54) is 0 Å². The summed E-state index contributed by atoms with van der Waals surface area (Å²) in [6.07, 6.45) is 0. The number of H-pyrrole nitrogens is 1. The summed E-state index contributed by atoms with van der Waals surface area (Å²) in [5.74, 6) is 0.869. The fraction of sp³-hybridized carbons (Fsp3) is 0.500. The van der Waals surface area contributed by atoms with Gasteiger partial charge < -0.3 is 19.2 Å². The lowest BCUT2D eigenvalue weighted by Gasteiger charge is -2.14. The second-order valence-electron chi connectivity index (χ2n) is 4.56. The van der Waals surface area contributed by atoms with Crippen molar-refractivity contribution in [1.82, 2.24) is 14.5 Å². The van der Waals surface area contributed by atoms with Crippen LogP contribution in [0.25, 0.3) is 11.0 Å². The van der Waals surface area contributed by atoms with Gasteiger partial charge in [-0.3, -0.25) is 0 Å². The fourth-order valence-corrected chi connectivity index (χ4v) is 2.37. The van der Waals surface area contributed by atoms with Gasteiger partial charge in [-0.15, -0.1) is 0 Å². The van der Waals surface area contributed by atoms with Crippen molar-refractivity contribution < 1.29 is 4.74 Å². The van der Waals surface area contributed by atoms with Gasteiger partial charge in [0.2, 0.25) is 0 Å². The molecule has 0 aliphatic carbocycles. The highest BCUT2D eigenvalue weighted by molar-refractivity contribution is 7.71. The molecular formula is C14H21N3OS. The van der Waals surface area contributed by atoms with E-state index in [0.29, 0.717) is 6.61 Å². The molecule has 0 saturated heterocycles. The van der Waals surface area contributed by atoms with Crippen molar-refractivity contribution in [2.24, 2.45) is 0 Å². The lowest BCUT2D eigenvalue weighted by Crippen LogP contribution is -2.22. The first kappa shape index (κ1) is 14.1. The summed E-state index contributed by atoms with van der Waals surface area (Å²) >= 11 is 5.42. The van der Waals surface area contributed by atoms with E-state index in [9.17, 15) is 0 Å². The Morgan fingerprint density at radius 2 is 2.16 bits per heavy atom. The molecule has 0 bridgehead atoms. The average Bonchev–Trinajstić information content (AvgIpc) is 2.73. The monoisotopic (exact) mass is 279 g/mol. The molecule has 1 N–H and O–H groups in total. The van der Waals surface area contributed by atoms with Crippen molar-refractivity contribution in [2.45, 2.75) is 20.4 Å². The molecule has 0 fully saturated rings. The molecule has 5 heteroatoms. The maximum atomic E-state index is 5.63. The number of aromatic nitrogens is 2. The van der Waals surface area contributed by atoms with E-state index in [1.807, 2.05) is 19.1 Å². The van der Waals surface area contributed by atoms with Crippen LogP contribution in [0.1, 0.15) is 13.8 Å². The van der Waals surface area contributed by atoms with Crippen molar-refractivity contribution in [3.8, 4) is 5.75 Å². The highest BCUT2D eigenvalue weighted by atomic mass is 32.1. The van der Waals surface area contributed by atoms with Gasteiger partial charge in [0.25, 0.3) is 0 Å². The van der Waals surface area contributed by atoms with Crippen LogP contribution in [0.5, 0.6) is 5.75 Å². The molecule has 1 aromatic heterocycles. The Balaban J connectivity index is 2.36. The smallest absolute Gasteiger partial charge is 0.178 e. The van der Waals surface area contributed by atoms with E-state index in [2.05, 4.69) is 34.5 Å². The summed E-state index contributed by atoms with van der Waals surface area (Å²) in [7, 11) is 2.12. The lowest BCUT2D eigenvalue weighted by molar-refractivity contribution is 0.336. The molecule has 1 heterocycles. The Labute approximate surface area is 119 Å². The first-order chi connectivity index (χ1) is 9.17. The van der Waals surface area contributed by atoms with Crippen LogP contribution in [0.3, 0.4) is 0 Å². The molecule has 0 amide bonds. The van der Waals surface area contributed by atoms with Crippen LogP contribution in [0, 0.1) is 4.77 Å². The van der Waals surface area contributed by atoms with Gasteiger partial charge in [0.1, 0.15) is 11.3 Å². The van der Waals surface area contributed by atoms with Gasteiger partial charge in [0.05, 0.1) is 12.1 Å². The van der Waals surface area contributed by atoms with E-state index >= 15 is 0 Å². The van der Waals surface area contributed by atoms with Gasteiger partial charge >= 0.3 is 0 Å². The summed E-state index contributed by atoms with van der Waals surface area (Å²) in [5.41, 5.74) is 2.11. The minimum Gasteiger partial charge on any atom is -0.492 e. The topological polar surface area (TPSA) is 33.2 Å². The predicted octanol–water partition coefficient (Wildman–Crippen LogP) is 3.05. The molecule has 0 aliphatic heterocycles. The van der Waals surface area contributed by atoms with Gasteiger partial charge in [-0.25, -0.2) is 0 Å². The fourth-order valence-electron chi connectivity index (χ4n) is 2.08. The van der Waals surface area contributed by atoms with E-state index in [1.54, 1.807) is 0 Å². The number of aromatic amines is 1. The lowest BCUT2D eigenvalue weighted by atomic mass is 10.3. The third-order valence-corrected chi connectivity index (χ3v) is 3.64. The highest BCUT2D eigenvalue weighted by Crippen LogP contribution is 2.24. The number of nitrogens with one attached hydrogen (secondary N) is 1. The Morgan fingerprint density at radius 1 is 1.37 bits per heavy atom. The first-order valence-electron chi connectivity index (χ1n) is 6.70. The van der Waals surface area contributed by atoms with Crippen molar-refractivity contribution >= 4 is 23.3 Å². The van der Waals surface area contributed by atoms with Crippen LogP contribution in [-0.4, -0.2) is 41.2 Å². The number of fused-ring (bicyclic) bond motifs is 1. The Bertz CT molecular complexity index is 602. The number of hydrogen-bond donors (Lipinski definition) is 1. The van der Waals surface area contributed by atoms with Crippen LogP contribution in [0.4, 0.5) is 0 Å². The van der Waals surface area contributed by atoms with Crippen LogP contribution < -0.4 is 4.74 Å². The molecule has 104 valence electrons. The zero-order valence-electron chi connectivity index (χ0n) is 11.8. The SMILES string of the molecule is CCOc1cccc2c1[nH]c(=S)n2CCN(C)CC. The molecule has 2 rings (SSSR count). The number of benzene rings is 1. The van der Waals surface area contributed by atoms with E-state index in [-0.39, 0.29) is 0 Å². The Hall–Kier alpha value is -1.33. The second-order valence-corrected chi connectivity index (χ2v) is 4.95. The van der Waals surface area contributed by atoms with Crippen LogP contribution >= 0.6 is 12.2 Å². The molecule has 0 unspecified atom stereocenters. The number of rotatable bonds is 6. The predicted molar refractivity (Wildman–Crippen MR) is 81.5 cm³/mol. The van der Waals surface area contributed by atoms with Crippen molar-refractivity contribution in [3.63, 3.8) is 0 Å². The van der Waals surface area contributed by atoms with Gasteiger partial charge in [-0.05, 0) is 44.9 Å². The summed E-state index contributed by atoms with van der Waals surface area (Å²) in [6.45, 7) is 7.71. The molecule has 0 aliphatic rings. The largest absolute Gasteiger partial charge is 0.492 e. The molecule has 0 atom stereocenters. The molecular weight excluding hydrogens is 258 g/mol. The Kier molecular flexibility index (Phi) is 4.61. The van der Waals surface area contributed by atoms with Gasteiger partial charge in [-0.2, -0.15) is 0 Å². The zero-order chi connectivity index (χ0) is 13.8. The van der Waals surface area contributed by atoms with E-state index in [0.717, 1.165) is 41.2 Å². The molecule has 0 spiro atoms. The molecule has 0 radical (unpaired) electrons. The number of nitrogens with zero attached hydrogens (tertiary/aromatic N) is 2. The maximum absolute atomic E-state index is 5.63. The summed E-state index contributed by atoms with van der Waals surface area (Å²) in [4.78, 5) is 5.53. The average molecular weight is 279 g/mol. The van der Waals surface area contributed by atoms with Crippen LogP contribution in [0.2, 0.25) is 0 Å². The molecule has 19 heavy (non-hydrogen) atoms. The van der Waals surface area contributed by atoms with E-state index < -0.39 is 0 Å². The summed E-state index contributed by atoms with van der Waals surface area (Å²) in [6, 6.07) is 6.06. The molecule has 1 aromatic carbocycles. The standard InChI is InChI=1S/C14H21N3OS/c1-4-16(3)9-10-17-11-7-6-8-12(18-5-2)13(11)15-14(17)19/h6-8H,4-5,9-10H2,1-3H3,(H,15,19). The summed E-state index contributed by atoms with van der Waals surface area (Å²) in [5, 5.41) is 0. The first-order valence-corrected chi connectivity index (χ1v) is 7.11. The zero-order valence-corrected chi connectivity index (χ0v) is 12.6. The third kappa shape index (κ3) is 2.98. The number of imidazole rings is 1. The summed E-state index contributed by atoms with van der Waals surface area (Å²) < 4.78 is 8.53. The van der Waals surface area contributed by atoms with Crippen molar-refractivity contribution in [1.29, 1.82) is 0 Å². The third-order valence-electron chi connectivity index (χ3n) is 3.32. The van der Waals surface area contributed by atoms with Crippen molar-refractivity contribution in [2.75, 3.05) is 26.7 Å². The molecule has 4 nitrogen and oxygen atoms in total. The number of hydrogen-bond acceptors (Lipinski definition) is 3. The van der Waals surface area contributed by atoms with E-state index in [4.69, 9.17) is 17.0 Å². The number of para-hydroxylation sites is 1. The second kappa shape index (κ2) is 6.21. The van der Waals surface area contributed by atoms with Gasteiger partial charge in [-0.1, -0.05) is 13.0 Å². The quantitative estimate of drug-likeness (QED) is 0.825. The number of likely N-dealkylation sites (N-methyl/N-ethyl adjacent to an activating group) is 1. The molecule has 0 saturated carbocycles. The normalized spacial score (nSPS) is 11.4. The number of ether oxygens (including phenoxy) is 1. The highest BCUT2D eigenvalue weighted by Gasteiger charge is 2.09. The van der Waals surface area contributed by atoms with Crippen LogP contribution in [-0.2, 0) is 6.54 Å². The van der Waals surface area contributed by atoms with Crippen molar-refractivity contribution in [3.05, 3.63) is 23.0 Å². The minimum absolute atomic E-state index is 0.656. The van der Waals surface area contributed by atoms with Gasteiger partial charge in [0, 0.05) is 13.1 Å². The minimum atomic E-state index is 0.656. The molecule has 2 aromatic rings. The Morgan fingerprint density at radius 3 is 2.84 bits per heavy atom.